The van der Waals surface area contributed by atoms with Crippen molar-refractivity contribution >= 4 is 30.7 Å². The Morgan fingerprint density at radius 1 is 1.20 bits per heavy atom. The summed E-state index contributed by atoms with van der Waals surface area (Å²) >= 11 is 3.01. The van der Waals surface area contributed by atoms with Crippen molar-refractivity contribution in [3.8, 4) is 0 Å². The standard InChI is InChI=1S/C8H17BrO5Si/c1-11-15(12-2,13-3)6-4-5-14-8(10)7-9/h4-7H2,1-3H3. The molecule has 0 N–H and O–H groups in total. The smallest absolute Gasteiger partial charge is 0.465 e. The van der Waals surface area contributed by atoms with Gasteiger partial charge in [-0.3, -0.25) is 4.79 Å². The van der Waals surface area contributed by atoms with Gasteiger partial charge in [0.15, 0.2) is 0 Å². The highest BCUT2D eigenvalue weighted by molar-refractivity contribution is 9.09. The lowest BCUT2D eigenvalue weighted by atomic mass is 10.5. The third kappa shape index (κ3) is 5.62. The monoisotopic (exact) mass is 300 g/mol. The number of carbonyl (C=O) groups is 1. The Bertz CT molecular complexity index is 178. The first kappa shape index (κ1) is 15.0. The van der Waals surface area contributed by atoms with Crippen LogP contribution in [0.25, 0.3) is 0 Å². The van der Waals surface area contributed by atoms with Crippen molar-refractivity contribution in [2.24, 2.45) is 0 Å². The summed E-state index contributed by atoms with van der Waals surface area (Å²) in [5, 5.41) is 0.217. The average molecular weight is 301 g/mol. The highest BCUT2D eigenvalue weighted by atomic mass is 79.9. The zero-order valence-corrected chi connectivity index (χ0v) is 11.8. The van der Waals surface area contributed by atoms with Crippen LogP contribution >= 0.6 is 15.9 Å². The van der Waals surface area contributed by atoms with Gasteiger partial charge in [0.2, 0.25) is 0 Å². The molecule has 0 aliphatic rings. The van der Waals surface area contributed by atoms with E-state index in [0.717, 1.165) is 0 Å². The Morgan fingerprint density at radius 2 is 1.73 bits per heavy atom. The van der Waals surface area contributed by atoms with E-state index in [2.05, 4.69) is 15.9 Å². The molecular weight excluding hydrogens is 284 g/mol. The Labute approximate surface area is 99.5 Å². The molecule has 0 heterocycles. The molecule has 0 saturated carbocycles. The van der Waals surface area contributed by atoms with E-state index in [-0.39, 0.29) is 11.3 Å². The van der Waals surface area contributed by atoms with Crippen molar-refractivity contribution < 1.29 is 22.8 Å². The molecule has 0 unspecified atom stereocenters. The van der Waals surface area contributed by atoms with E-state index < -0.39 is 8.80 Å². The molecule has 5 nitrogen and oxygen atoms in total. The van der Waals surface area contributed by atoms with E-state index in [1.165, 1.54) is 0 Å². The predicted molar refractivity (Wildman–Crippen MR) is 61.0 cm³/mol. The normalized spacial score (nSPS) is 11.5. The van der Waals surface area contributed by atoms with Crippen molar-refractivity contribution in [2.75, 3.05) is 33.3 Å². The molecule has 0 amide bonds. The summed E-state index contributed by atoms with van der Waals surface area (Å²) in [5.74, 6) is -0.269. The van der Waals surface area contributed by atoms with Gasteiger partial charge in [0.25, 0.3) is 0 Å². The number of alkyl halides is 1. The zero-order valence-electron chi connectivity index (χ0n) is 9.25. The Morgan fingerprint density at radius 3 is 2.13 bits per heavy atom. The SMILES string of the molecule is CO[Si](CCCOC(=O)CBr)(OC)OC. The number of hydrogen-bond acceptors (Lipinski definition) is 5. The summed E-state index contributed by atoms with van der Waals surface area (Å²) in [6.45, 7) is 0.356. The maximum Gasteiger partial charge on any atom is 0.500 e. The summed E-state index contributed by atoms with van der Waals surface area (Å²) in [6.07, 6.45) is 0.667. The number of halogens is 1. The third-order valence-electron chi connectivity index (χ3n) is 1.93. The molecule has 0 saturated heterocycles. The summed E-state index contributed by atoms with van der Waals surface area (Å²) in [6, 6.07) is 0.631. The second-order valence-corrected chi connectivity index (χ2v) is 6.40. The quantitative estimate of drug-likeness (QED) is 0.292. The van der Waals surface area contributed by atoms with Gasteiger partial charge >= 0.3 is 14.8 Å². The first-order valence-corrected chi connectivity index (χ1v) is 7.56. The molecule has 0 rings (SSSR count). The van der Waals surface area contributed by atoms with Crippen molar-refractivity contribution in [1.82, 2.24) is 0 Å². The van der Waals surface area contributed by atoms with Crippen molar-refractivity contribution in [3.05, 3.63) is 0 Å². The molecule has 0 aromatic heterocycles. The van der Waals surface area contributed by atoms with Gasteiger partial charge in [0.05, 0.1) is 6.61 Å². The minimum atomic E-state index is -2.50. The van der Waals surface area contributed by atoms with E-state index in [1.807, 2.05) is 0 Å². The van der Waals surface area contributed by atoms with E-state index >= 15 is 0 Å². The van der Waals surface area contributed by atoms with Gasteiger partial charge in [-0.2, -0.15) is 0 Å². The minimum Gasteiger partial charge on any atom is -0.465 e. The van der Waals surface area contributed by atoms with E-state index in [9.17, 15) is 4.79 Å². The Kier molecular flexibility index (Phi) is 8.25. The van der Waals surface area contributed by atoms with Crippen LogP contribution in [0.5, 0.6) is 0 Å². The van der Waals surface area contributed by atoms with E-state index in [1.54, 1.807) is 21.3 Å². The summed E-state index contributed by atoms with van der Waals surface area (Å²) in [4.78, 5) is 10.8. The van der Waals surface area contributed by atoms with Gasteiger partial charge in [0.1, 0.15) is 5.33 Å². The first-order chi connectivity index (χ1) is 7.14. The predicted octanol–water partition coefficient (Wildman–Crippen LogP) is 1.19. The minimum absolute atomic E-state index is 0.217. The molecular formula is C8H17BrO5Si. The van der Waals surface area contributed by atoms with Gasteiger partial charge in [-0.1, -0.05) is 15.9 Å². The lowest BCUT2D eigenvalue weighted by molar-refractivity contribution is -0.140. The molecule has 0 aliphatic heterocycles. The second-order valence-electron chi connectivity index (χ2n) is 2.75. The van der Waals surface area contributed by atoms with Crippen LogP contribution in [-0.4, -0.2) is 48.0 Å². The molecule has 7 heteroatoms. The third-order valence-corrected chi connectivity index (χ3v) is 5.22. The van der Waals surface area contributed by atoms with Crippen LogP contribution in [0.4, 0.5) is 0 Å². The molecule has 0 atom stereocenters. The van der Waals surface area contributed by atoms with Gasteiger partial charge in [0, 0.05) is 27.4 Å². The Balaban J connectivity index is 3.76. The van der Waals surface area contributed by atoms with Crippen LogP contribution in [0.3, 0.4) is 0 Å². The molecule has 0 spiro atoms. The fourth-order valence-electron chi connectivity index (χ4n) is 1.07. The molecule has 0 fully saturated rings. The lowest BCUT2D eigenvalue weighted by Gasteiger charge is -2.23. The van der Waals surface area contributed by atoms with E-state index in [0.29, 0.717) is 19.1 Å². The molecule has 0 aromatic carbocycles. The number of ether oxygens (including phenoxy) is 1. The average Bonchev–Trinajstić information content (AvgIpc) is 2.30. The lowest BCUT2D eigenvalue weighted by Crippen LogP contribution is -2.42. The number of rotatable bonds is 8. The maximum absolute atomic E-state index is 10.8. The molecule has 90 valence electrons. The van der Waals surface area contributed by atoms with E-state index in [4.69, 9.17) is 18.0 Å². The molecule has 0 aromatic rings. The molecule has 15 heavy (non-hydrogen) atoms. The van der Waals surface area contributed by atoms with Gasteiger partial charge in [-0.15, -0.1) is 0 Å². The highest BCUT2D eigenvalue weighted by Crippen LogP contribution is 2.14. The summed E-state index contributed by atoms with van der Waals surface area (Å²) in [5.41, 5.74) is 0. The summed E-state index contributed by atoms with van der Waals surface area (Å²) in [7, 11) is 2.18. The van der Waals surface area contributed by atoms with Crippen LogP contribution in [-0.2, 0) is 22.8 Å². The zero-order chi connectivity index (χ0) is 11.7. The van der Waals surface area contributed by atoms with Crippen molar-refractivity contribution in [2.45, 2.75) is 12.5 Å². The van der Waals surface area contributed by atoms with Gasteiger partial charge in [-0.05, 0) is 6.42 Å². The molecule has 0 radical (unpaired) electrons. The van der Waals surface area contributed by atoms with Crippen molar-refractivity contribution in [1.29, 1.82) is 0 Å². The topological polar surface area (TPSA) is 54.0 Å². The molecule has 0 bridgehead atoms. The Hall–Kier alpha value is 0.0469. The van der Waals surface area contributed by atoms with Crippen LogP contribution in [0.1, 0.15) is 6.42 Å². The van der Waals surface area contributed by atoms with Crippen molar-refractivity contribution in [3.63, 3.8) is 0 Å². The number of carbonyl (C=O) groups excluding carboxylic acids is 1. The summed E-state index contributed by atoms with van der Waals surface area (Å²) < 4.78 is 20.5. The van der Waals surface area contributed by atoms with Crippen LogP contribution in [0.2, 0.25) is 6.04 Å². The first-order valence-electron chi connectivity index (χ1n) is 4.51. The van der Waals surface area contributed by atoms with Gasteiger partial charge < -0.3 is 18.0 Å². The maximum atomic E-state index is 10.8. The van der Waals surface area contributed by atoms with Crippen LogP contribution in [0, 0.1) is 0 Å². The fourth-order valence-corrected chi connectivity index (χ4v) is 2.92. The molecule has 0 aliphatic carbocycles. The van der Waals surface area contributed by atoms with Gasteiger partial charge in [-0.25, -0.2) is 0 Å². The number of esters is 1. The second kappa shape index (κ2) is 8.23. The highest BCUT2D eigenvalue weighted by Gasteiger charge is 2.36. The number of hydrogen-bond donors (Lipinski definition) is 0. The van der Waals surface area contributed by atoms with Crippen LogP contribution < -0.4 is 0 Å². The largest absolute Gasteiger partial charge is 0.500 e. The fraction of sp³-hybridized carbons (Fsp3) is 0.875. The van der Waals surface area contributed by atoms with Crippen LogP contribution in [0.15, 0.2) is 0 Å².